The van der Waals surface area contributed by atoms with E-state index in [1.54, 1.807) is 0 Å². The Bertz CT molecular complexity index is 341. The Morgan fingerprint density at radius 1 is 1.29 bits per heavy atom. The predicted molar refractivity (Wildman–Crippen MR) is 76.7 cm³/mol. The zero-order chi connectivity index (χ0) is 12.9. The van der Waals surface area contributed by atoms with Crippen LogP contribution in [0.15, 0.2) is 24.3 Å². The molecule has 0 saturated carbocycles. The van der Waals surface area contributed by atoms with Gasteiger partial charge in [-0.1, -0.05) is 44.5 Å². The molecule has 0 aromatic heterocycles. The lowest BCUT2D eigenvalue weighted by atomic mass is 9.83. The van der Waals surface area contributed by atoms with Crippen LogP contribution in [-0.2, 0) is 6.42 Å². The summed E-state index contributed by atoms with van der Waals surface area (Å²) in [5.41, 5.74) is 1.66. The van der Waals surface area contributed by atoms with Gasteiger partial charge in [0.05, 0.1) is 0 Å². The number of aryl methyl sites for hydroxylation is 1. The van der Waals surface area contributed by atoms with Crippen LogP contribution >= 0.6 is 11.6 Å². The molecule has 0 amide bonds. The SMILES string of the molecule is CNC(CCCc1cccc(Cl)c1)C(C)(C)C. The third-order valence-corrected chi connectivity index (χ3v) is 3.48. The molecule has 0 saturated heterocycles. The molecule has 0 spiro atoms. The van der Waals surface area contributed by atoms with E-state index in [-0.39, 0.29) is 0 Å². The Kier molecular flexibility index (Phi) is 5.48. The molecule has 0 aliphatic rings. The Hall–Kier alpha value is -0.530. The Labute approximate surface area is 111 Å². The highest BCUT2D eigenvalue weighted by Crippen LogP contribution is 2.23. The predicted octanol–water partition coefficient (Wildman–Crippen LogP) is 4.30. The zero-order valence-corrected chi connectivity index (χ0v) is 12.1. The van der Waals surface area contributed by atoms with Gasteiger partial charge in [-0.2, -0.15) is 0 Å². The molecule has 1 aromatic carbocycles. The van der Waals surface area contributed by atoms with Crippen molar-refractivity contribution in [3.63, 3.8) is 0 Å². The molecule has 2 heteroatoms. The molecular weight excluding hydrogens is 230 g/mol. The Balaban J connectivity index is 2.42. The van der Waals surface area contributed by atoms with Crippen LogP contribution in [0.2, 0.25) is 5.02 Å². The number of halogens is 1. The van der Waals surface area contributed by atoms with E-state index >= 15 is 0 Å². The molecule has 17 heavy (non-hydrogen) atoms. The molecule has 0 aliphatic carbocycles. The molecule has 1 N–H and O–H groups in total. The van der Waals surface area contributed by atoms with Gasteiger partial charge in [0.2, 0.25) is 0 Å². The number of benzene rings is 1. The summed E-state index contributed by atoms with van der Waals surface area (Å²) in [6.07, 6.45) is 3.50. The summed E-state index contributed by atoms with van der Waals surface area (Å²) in [7, 11) is 2.05. The van der Waals surface area contributed by atoms with Gasteiger partial charge in [0.25, 0.3) is 0 Å². The van der Waals surface area contributed by atoms with E-state index in [4.69, 9.17) is 11.6 Å². The minimum atomic E-state index is 0.323. The second kappa shape index (κ2) is 6.42. The highest BCUT2D eigenvalue weighted by atomic mass is 35.5. The quantitative estimate of drug-likeness (QED) is 0.825. The van der Waals surface area contributed by atoms with Crippen molar-refractivity contribution in [2.24, 2.45) is 5.41 Å². The summed E-state index contributed by atoms with van der Waals surface area (Å²) in [6.45, 7) is 6.86. The van der Waals surface area contributed by atoms with Crippen LogP contribution in [0.1, 0.15) is 39.2 Å². The third-order valence-electron chi connectivity index (χ3n) is 3.24. The maximum absolute atomic E-state index is 5.97. The van der Waals surface area contributed by atoms with E-state index < -0.39 is 0 Å². The number of hydrogen-bond donors (Lipinski definition) is 1. The van der Waals surface area contributed by atoms with Crippen LogP contribution in [-0.4, -0.2) is 13.1 Å². The summed E-state index contributed by atoms with van der Waals surface area (Å²) >= 11 is 5.97. The van der Waals surface area contributed by atoms with E-state index in [0.717, 1.165) is 11.4 Å². The summed E-state index contributed by atoms with van der Waals surface area (Å²) in [5.74, 6) is 0. The average Bonchev–Trinajstić information content (AvgIpc) is 2.22. The molecule has 1 unspecified atom stereocenters. The first kappa shape index (κ1) is 14.5. The van der Waals surface area contributed by atoms with E-state index in [2.05, 4.69) is 45.3 Å². The lowest BCUT2D eigenvalue weighted by Gasteiger charge is -2.30. The van der Waals surface area contributed by atoms with E-state index in [0.29, 0.717) is 11.5 Å². The minimum absolute atomic E-state index is 0.323. The zero-order valence-electron chi connectivity index (χ0n) is 11.4. The van der Waals surface area contributed by atoms with Gasteiger partial charge in [0.15, 0.2) is 0 Å². The van der Waals surface area contributed by atoms with E-state index in [9.17, 15) is 0 Å². The number of nitrogens with one attached hydrogen (secondary N) is 1. The fourth-order valence-electron chi connectivity index (χ4n) is 2.21. The van der Waals surface area contributed by atoms with Crippen molar-refractivity contribution in [1.29, 1.82) is 0 Å². The first-order valence-corrected chi connectivity index (χ1v) is 6.73. The fraction of sp³-hybridized carbons (Fsp3) is 0.600. The molecule has 1 nitrogen and oxygen atoms in total. The van der Waals surface area contributed by atoms with Crippen molar-refractivity contribution in [3.05, 3.63) is 34.9 Å². The highest BCUT2D eigenvalue weighted by molar-refractivity contribution is 6.30. The smallest absolute Gasteiger partial charge is 0.0408 e. The largest absolute Gasteiger partial charge is 0.316 e. The molecule has 1 atom stereocenters. The van der Waals surface area contributed by atoms with Crippen LogP contribution in [0.4, 0.5) is 0 Å². The van der Waals surface area contributed by atoms with Crippen molar-refractivity contribution < 1.29 is 0 Å². The van der Waals surface area contributed by atoms with Gasteiger partial charge in [-0.25, -0.2) is 0 Å². The normalized spacial score (nSPS) is 13.7. The van der Waals surface area contributed by atoms with Crippen molar-refractivity contribution in [2.75, 3.05) is 7.05 Å². The summed E-state index contributed by atoms with van der Waals surface area (Å²) in [5, 5.41) is 4.25. The molecule has 0 aliphatic heterocycles. The second-order valence-electron chi connectivity index (χ2n) is 5.73. The van der Waals surface area contributed by atoms with Gasteiger partial charge in [-0.05, 0) is 49.4 Å². The summed E-state index contributed by atoms with van der Waals surface area (Å²) < 4.78 is 0. The topological polar surface area (TPSA) is 12.0 Å². The van der Waals surface area contributed by atoms with Crippen LogP contribution < -0.4 is 5.32 Å². The monoisotopic (exact) mass is 253 g/mol. The molecule has 1 rings (SSSR count). The maximum atomic E-state index is 5.97. The first-order valence-electron chi connectivity index (χ1n) is 6.35. The molecule has 0 radical (unpaired) electrons. The van der Waals surface area contributed by atoms with Gasteiger partial charge in [-0.15, -0.1) is 0 Å². The van der Waals surface area contributed by atoms with Gasteiger partial charge in [-0.3, -0.25) is 0 Å². The van der Waals surface area contributed by atoms with Crippen molar-refractivity contribution >= 4 is 11.6 Å². The third kappa shape index (κ3) is 5.10. The highest BCUT2D eigenvalue weighted by Gasteiger charge is 2.21. The van der Waals surface area contributed by atoms with Gasteiger partial charge < -0.3 is 5.32 Å². The van der Waals surface area contributed by atoms with Gasteiger partial charge >= 0.3 is 0 Å². The van der Waals surface area contributed by atoms with Crippen LogP contribution in [0.25, 0.3) is 0 Å². The molecular formula is C15H24ClN. The summed E-state index contributed by atoms with van der Waals surface area (Å²) in [4.78, 5) is 0. The van der Waals surface area contributed by atoms with Crippen molar-refractivity contribution in [2.45, 2.75) is 46.1 Å². The number of hydrogen-bond acceptors (Lipinski definition) is 1. The minimum Gasteiger partial charge on any atom is -0.316 e. The first-order chi connectivity index (χ1) is 7.93. The Morgan fingerprint density at radius 2 is 2.00 bits per heavy atom. The second-order valence-corrected chi connectivity index (χ2v) is 6.17. The maximum Gasteiger partial charge on any atom is 0.0408 e. The standard InChI is InChI=1S/C15H24ClN/c1-15(2,3)14(17-4)10-6-8-12-7-5-9-13(16)11-12/h5,7,9,11,14,17H,6,8,10H2,1-4H3. The van der Waals surface area contributed by atoms with Crippen LogP contribution in [0.3, 0.4) is 0 Å². The molecule has 96 valence electrons. The van der Waals surface area contributed by atoms with Gasteiger partial charge in [0, 0.05) is 11.1 Å². The Morgan fingerprint density at radius 3 is 2.53 bits per heavy atom. The lowest BCUT2D eigenvalue weighted by molar-refractivity contribution is 0.263. The number of rotatable bonds is 5. The van der Waals surface area contributed by atoms with Gasteiger partial charge in [0.1, 0.15) is 0 Å². The van der Waals surface area contributed by atoms with Crippen molar-refractivity contribution in [1.82, 2.24) is 5.32 Å². The lowest BCUT2D eigenvalue weighted by Crippen LogP contribution is -2.37. The van der Waals surface area contributed by atoms with Crippen LogP contribution in [0.5, 0.6) is 0 Å². The van der Waals surface area contributed by atoms with E-state index in [1.807, 2.05) is 12.1 Å². The van der Waals surface area contributed by atoms with E-state index in [1.165, 1.54) is 18.4 Å². The molecule has 0 heterocycles. The molecule has 1 aromatic rings. The summed E-state index contributed by atoms with van der Waals surface area (Å²) in [6, 6.07) is 8.74. The fourth-order valence-corrected chi connectivity index (χ4v) is 2.43. The molecule has 0 fully saturated rings. The molecule has 0 bridgehead atoms. The average molecular weight is 254 g/mol. The van der Waals surface area contributed by atoms with Crippen molar-refractivity contribution in [3.8, 4) is 0 Å². The van der Waals surface area contributed by atoms with Crippen LogP contribution in [0, 0.1) is 5.41 Å².